The van der Waals surface area contributed by atoms with E-state index < -0.39 is 27.7 Å². The van der Waals surface area contributed by atoms with E-state index in [1.807, 2.05) is 0 Å². The maximum Gasteiger partial charge on any atom is 2.00 e. The smallest absolute Gasteiger partial charge is 1.00 e. The number of halogens is 6. The van der Waals surface area contributed by atoms with Gasteiger partial charge in [0.05, 0.1) is 17.5 Å². The first-order valence-electron chi connectivity index (χ1n) is 2.44. The molecule has 0 atom stereocenters. The molecule has 0 aliphatic carbocycles. The molecule has 0 fully saturated rings. The molecule has 0 nitrogen and oxygen atoms in total. The van der Waals surface area contributed by atoms with Gasteiger partial charge in [-0.25, -0.2) is 8.78 Å². The number of rotatable bonds is 0. The standard InChI is InChI=1S/C6BrF4.BrH.Mg/c7-2-1-3(8)5(10)6(11)4(2)9;;/h;1H;/q-1;;+2/p-1. The summed E-state index contributed by atoms with van der Waals surface area (Å²) >= 11 is 2.45. The molecule has 0 saturated carbocycles. The van der Waals surface area contributed by atoms with Crippen molar-refractivity contribution in [3.8, 4) is 0 Å². The van der Waals surface area contributed by atoms with Crippen molar-refractivity contribution < 1.29 is 34.5 Å². The van der Waals surface area contributed by atoms with Crippen molar-refractivity contribution in [2.24, 2.45) is 0 Å². The summed E-state index contributed by atoms with van der Waals surface area (Å²) in [6.07, 6.45) is 0. The average Bonchev–Trinajstić information content (AvgIpc) is 1.97. The number of benzene rings is 1. The van der Waals surface area contributed by atoms with E-state index in [1.165, 1.54) is 0 Å². The van der Waals surface area contributed by atoms with Crippen LogP contribution in [0.2, 0.25) is 0 Å². The molecule has 0 unspecified atom stereocenters. The zero-order valence-electron chi connectivity index (χ0n) is 5.97. The summed E-state index contributed by atoms with van der Waals surface area (Å²) in [5.74, 6) is -6.72. The van der Waals surface area contributed by atoms with Crippen LogP contribution < -0.4 is 17.0 Å². The van der Waals surface area contributed by atoms with Gasteiger partial charge in [-0.1, -0.05) is 20.4 Å². The van der Waals surface area contributed by atoms with Gasteiger partial charge in [0, 0.05) is 5.82 Å². The minimum atomic E-state index is -1.86. The van der Waals surface area contributed by atoms with Crippen LogP contribution >= 0.6 is 15.9 Å². The van der Waals surface area contributed by atoms with Crippen LogP contribution in [0.5, 0.6) is 0 Å². The van der Waals surface area contributed by atoms with Gasteiger partial charge in [-0.15, -0.1) is 6.07 Å². The van der Waals surface area contributed by atoms with Gasteiger partial charge < -0.3 is 17.0 Å². The molecule has 68 valence electrons. The molecule has 0 amide bonds. The summed E-state index contributed by atoms with van der Waals surface area (Å²) in [6.45, 7) is 0. The normalized spacial score (nSPS) is 8.69. The molecule has 7 heteroatoms. The molecule has 1 aromatic rings. The van der Waals surface area contributed by atoms with Gasteiger partial charge in [0.25, 0.3) is 0 Å². The molecule has 0 radical (unpaired) electrons. The second-order valence-corrected chi connectivity index (χ2v) is 2.49. The van der Waals surface area contributed by atoms with Crippen LogP contribution in [-0.2, 0) is 0 Å². The second-order valence-electron chi connectivity index (χ2n) is 1.69. The van der Waals surface area contributed by atoms with E-state index in [0.29, 0.717) is 0 Å². The van der Waals surface area contributed by atoms with Crippen LogP contribution in [-0.4, -0.2) is 23.1 Å². The van der Waals surface area contributed by atoms with Gasteiger partial charge in [-0.3, -0.25) is 8.78 Å². The van der Waals surface area contributed by atoms with Crippen LogP contribution in [0.3, 0.4) is 0 Å². The molecule has 0 bridgehead atoms. The Labute approximate surface area is 107 Å². The second kappa shape index (κ2) is 6.21. The van der Waals surface area contributed by atoms with Crippen LogP contribution in [0, 0.1) is 29.3 Å². The van der Waals surface area contributed by atoms with Crippen molar-refractivity contribution in [1.29, 1.82) is 0 Å². The minimum absolute atomic E-state index is 0. The van der Waals surface area contributed by atoms with E-state index in [4.69, 9.17) is 0 Å². The fraction of sp³-hybridized carbons (Fsp3) is 0. The van der Waals surface area contributed by atoms with Gasteiger partial charge in [-0.05, 0) is 0 Å². The van der Waals surface area contributed by atoms with Crippen LogP contribution in [0.15, 0.2) is 4.47 Å². The fourth-order valence-electron chi connectivity index (χ4n) is 0.495. The Balaban J connectivity index is 0. The predicted octanol–water partition coefficient (Wildman–Crippen LogP) is -0.571. The molecule has 0 heterocycles. The Hall–Kier alpha value is 0.666. The Morgan fingerprint density at radius 2 is 1.38 bits per heavy atom. The summed E-state index contributed by atoms with van der Waals surface area (Å²) in [6, 6.07) is 1.61. The summed E-state index contributed by atoms with van der Waals surface area (Å²) in [5, 5.41) is 0. The third kappa shape index (κ3) is 3.37. The summed E-state index contributed by atoms with van der Waals surface area (Å²) in [4.78, 5) is 0. The Bertz CT molecular complexity index is 279. The van der Waals surface area contributed by atoms with Gasteiger partial charge >= 0.3 is 23.1 Å². The van der Waals surface area contributed by atoms with Crippen molar-refractivity contribution >= 4 is 39.0 Å². The molecular formula is C6Br2F4Mg. The van der Waals surface area contributed by atoms with Crippen molar-refractivity contribution in [3.05, 3.63) is 33.8 Å². The quantitative estimate of drug-likeness (QED) is 0.196. The molecule has 1 rings (SSSR count). The third-order valence-electron chi connectivity index (χ3n) is 0.990. The molecule has 13 heavy (non-hydrogen) atoms. The van der Waals surface area contributed by atoms with Crippen LogP contribution in [0.4, 0.5) is 17.6 Å². The maximum atomic E-state index is 12.3. The Kier molecular flexibility index (Phi) is 7.69. The molecule has 1 aromatic carbocycles. The van der Waals surface area contributed by atoms with E-state index in [0.717, 1.165) is 0 Å². The van der Waals surface area contributed by atoms with E-state index in [1.54, 1.807) is 6.07 Å². The molecular weight excluding hydrogens is 332 g/mol. The third-order valence-corrected chi connectivity index (χ3v) is 1.54. The largest absolute Gasteiger partial charge is 2.00 e. The topological polar surface area (TPSA) is 0 Å². The van der Waals surface area contributed by atoms with E-state index in [9.17, 15) is 17.6 Å². The first-order valence-corrected chi connectivity index (χ1v) is 3.24. The molecule has 0 saturated heterocycles. The van der Waals surface area contributed by atoms with Crippen molar-refractivity contribution in [2.75, 3.05) is 0 Å². The molecule has 0 aliphatic rings. The Morgan fingerprint density at radius 1 is 0.923 bits per heavy atom. The van der Waals surface area contributed by atoms with Crippen LogP contribution in [0.1, 0.15) is 0 Å². The molecule has 0 spiro atoms. The predicted molar refractivity (Wildman–Crippen MR) is 38.6 cm³/mol. The monoisotopic (exact) mass is 330 g/mol. The first-order chi connectivity index (χ1) is 5.04. The number of hydrogen-bond acceptors (Lipinski definition) is 0. The van der Waals surface area contributed by atoms with E-state index in [-0.39, 0.29) is 40.0 Å². The summed E-state index contributed by atoms with van der Waals surface area (Å²) < 4.78 is 48.2. The SMILES string of the molecule is Fc1[c-]c(Br)c(F)c(F)c1F.[Br-].[Mg+2]. The summed E-state index contributed by atoms with van der Waals surface area (Å²) in [7, 11) is 0. The van der Waals surface area contributed by atoms with Crippen LogP contribution in [0.25, 0.3) is 0 Å². The van der Waals surface area contributed by atoms with Crippen molar-refractivity contribution in [1.82, 2.24) is 0 Å². The molecule has 0 aromatic heterocycles. The maximum absolute atomic E-state index is 12.3. The average molecular weight is 332 g/mol. The molecule has 0 aliphatic heterocycles. The van der Waals surface area contributed by atoms with E-state index in [2.05, 4.69) is 15.9 Å². The molecule has 0 N–H and O–H groups in total. The van der Waals surface area contributed by atoms with Crippen molar-refractivity contribution in [2.45, 2.75) is 0 Å². The zero-order valence-corrected chi connectivity index (χ0v) is 10.6. The van der Waals surface area contributed by atoms with E-state index >= 15 is 0 Å². The van der Waals surface area contributed by atoms with Gasteiger partial charge in [0.2, 0.25) is 0 Å². The minimum Gasteiger partial charge on any atom is -1.00 e. The first kappa shape index (κ1) is 16.1. The van der Waals surface area contributed by atoms with Crippen molar-refractivity contribution in [3.63, 3.8) is 0 Å². The number of hydrogen-bond donors (Lipinski definition) is 0. The van der Waals surface area contributed by atoms with Gasteiger partial charge in [-0.2, -0.15) is 0 Å². The Morgan fingerprint density at radius 3 is 1.85 bits per heavy atom. The summed E-state index contributed by atoms with van der Waals surface area (Å²) in [5.41, 5.74) is 0. The van der Waals surface area contributed by atoms with Gasteiger partial charge in [0.1, 0.15) is 0 Å². The van der Waals surface area contributed by atoms with Gasteiger partial charge in [0.15, 0.2) is 0 Å². The zero-order chi connectivity index (χ0) is 8.59. The fourth-order valence-corrected chi connectivity index (χ4v) is 0.843.